The molecule has 0 aliphatic heterocycles. The molecule has 2 rings (SSSR count). The summed E-state index contributed by atoms with van der Waals surface area (Å²) in [6, 6.07) is 6.37. The Kier molecular flexibility index (Phi) is 6.51. The Labute approximate surface area is 136 Å². The van der Waals surface area contributed by atoms with Gasteiger partial charge in [-0.3, -0.25) is 4.79 Å². The van der Waals surface area contributed by atoms with Crippen molar-refractivity contribution in [3.63, 3.8) is 0 Å². The number of rotatable bonds is 6. The predicted octanol–water partition coefficient (Wildman–Crippen LogP) is 5.18. The molecule has 124 valence electrons. The first-order valence-electron chi connectivity index (χ1n) is 8.13. The molecular weight excluding hydrogens is 296 g/mol. The van der Waals surface area contributed by atoms with Gasteiger partial charge in [0.05, 0.1) is 0 Å². The van der Waals surface area contributed by atoms with Crippen LogP contribution in [0.3, 0.4) is 0 Å². The summed E-state index contributed by atoms with van der Waals surface area (Å²) in [5, 5.41) is 2.52. The third-order valence-electron chi connectivity index (χ3n) is 4.37. The molecule has 2 nitrogen and oxygen atoms in total. The Hall–Kier alpha value is -1.97. The number of amides is 1. The number of carbonyl (C=O) groups is 1. The van der Waals surface area contributed by atoms with Crippen molar-refractivity contribution in [1.29, 1.82) is 0 Å². The van der Waals surface area contributed by atoms with Gasteiger partial charge in [0.2, 0.25) is 0 Å². The molecule has 0 bridgehead atoms. The van der Waals surface area contributed by atoms with Crippen molar-refractivity contribution in [2.45, 2.75) is 38.5 Å². The summed E-state index contributed by atoms with van der Waals surface area (Å²) in [5.74, 6) is 0.410. The minimum atomic E-state index is -1.62. The van der Waals surface area contributed by atoms with E-state index in [2.05, 4.69) is 17.5 Å². The standard InChI is InChI=1S/C19H23F2NO/c1-22-19(23)16-12-10-15(11-13-16)17(18(20)21)9-5-8-14-6-3-2-4-7-14/h2-3,10-14H,4-9H2,1H3,(H,22,23). The van der Waals surface area contributed by atoms with E-state index in [9.17, 15) is 13.6 Å². The molecule has 0 aromatic heterocycles. The fourth-order valence-corrected chi connectivity index (χ4v) is 3.00. The Morgan fingerprint density at radius 1 is 1.17 bits per heavy atom. The van der Waals surface area contributed by atoms with Gasteiger partial charge in [-0.2, -0.15) is 8.78 Å². The maximum atomic E-state index is 13.3. The normalized spacial score (nSPS) is 16.9. The quantitative estimate of drug-likeness (QED) is 0.719. The zero-order valence-electron chi connectivity index (χ0n) is 13.4. The molecule has 1 aliphatic carbocycles. The van der Waals surface area contributed by atoms with Gasteiger partial charge < -0.3 is 5.32 Å². The topological polar surface area (TPSA) is 29.1 Å². The smallest absolute Gasteiger partial charge is 0.274 e. The molecule has 0 fully saturated rings. The number of halogens is 2. The van der Waals surface area contributed by atoms with Gasteiger partial charge in [-0.1, -0.05) is 24.3 Å². The number of allylic oxidation sites excluding steroid dienone is 3. The number of benzene rings is 1. The monoisotopic (exact) mass is 319 g/mol. The maximum Gasteiger partial charge on any atom is 0.274 e. The summed E-state index contributed by atoms with van der Waals surface area (Å²) in [6.07, 6.45) is 8.22. The van der Waals surface area contributed by atoms with Crippen LogP contribution in [0.1, 0.15) is 54.4 Å². The van der Waals surface area contributed by atoms with Gasteiger partial charge in [-0.05, 0) is 62.1 Å². The van der Waals surface area contributed by atoms with Crippen LogP contribution in [0, 0.1) is 5.92 Å². The first-order chi connectivity index (χ1) is 11.1. The fourth-order valence-electron chi connectivity index (χ4n) is 3.00. The minimum Gasteiger partial charge on any atom is -0.355 e. The van der Waals surface area contributed by atoms with E-state index >= 15 is 0 Å². The van der Waals surface area contributed by atoms with Gasteiger partial charge in [0.25, 0.3) is 12.0 Å². The Morgan fingerprint density at radius 3 is 2.43 bits per heavy atom. The SMILES string of the molecule is CNC(=O)c1ccc(C(CCCC2CC=CCC2)=C(F)F)cc1. The van der Waals surface area contributed by atoms with E-state index < -0.39 is 6.08 Å². The van der Waals surface area contributed by atoms with Crippen molar-refractivity contribution in [1.82, 2.24) is 5.32 Å². The van der Waals surface area contributed by atoms with Crippen molar-refractivity contribution in [2.75, 3.05) is 7.05 Å². The fraction of sp³-hybridized carbons (Fsp3) is 0.421. The van der Waals surface area contributed by atoms with Crippen LogP contribution in [0.25, 0.3) is 5.57 Å². The van der Waals surface area contributed by atoms with Crippen molar-refractivity contribution in [3.8, 4) is 0 Å². The number of nitrogens with one attached hydrogen (secondary N) is 1. The van der Waals surface area contributed by atoms with Crippen molar-refractivity contribution in [2.24, 2.45) is 5.92 Å². The Balaban J connectivity index is 1.97. The van der Waals surface area contributed by atoms with Crippen molar-refractivity contribution >= 4 is 11.5 Å². The van der Waals surface area contributed by atoms with Gasteiger partial charge in [-0.15, -0.1) is 0 Å². The molecule has 0 saturated carbocycles. The second-order valence-electron chi connectivity index (χ2n) is 5.94. The molecule has 0 saturated heterocycles. The van der Waals surface area contributed by atoms with Gasteiger partial charge in [0.15, 0.2) is 0 Å². The van der Waals surface area contributed by atoms with Crippen molar-refractivity contribution in [3.05, 3.63) is 53.6 Å². The number of hydrogen-bond acceptors (Lipinski definition) is 1. The lowest BCUT2D eigenvalue weighted by molar-refractivity contribution is 0.0963. The molecule has 0 spiro atoms. The summed E-state index contributed by atoms with van der Waals surface area (Å²) in [6.45, 7) is 0. The van der Waals surface area contributed by atoms with Crippen LogP contribution >= 0.6 is 0 Å². The average Bonchev–Trinajstić information content (AvgIpc) is 2.59. The Bertz CT molecular complexity index is 586. The molecule has 1 aromatic carbocycles. The highest BCUT2D eigenvalue weighted by molar-refractivity contribution is 5.94. The first kappa shape index (κ1) is 17.4. The average molecular weight is 319 g/mol. The molecule has 1 unspecified atom stereocenters. The molecule has 0 heterocycles. The summed E-state index contributed by atoms with van der Waals surface area (Å²) >= 11 is 0. The second kappa shape index (κ2) is 8.61. The molecule has 23 heavy (non-hydrogen) atoms. The van der Waals surface area contributed by atoms with E-state index in [1.807, 2.05) is 0 Å². The highest BCUT2D eigenvalue weighted by Gasteiger charge is 2.14. The number of hydrogen-bond donors (Lipinski definition) is 1. The lowest BCUT2D eigenvalue weighted by atomic mass is 9.88. The van der Waals surface area contributed by atoms with Crippen LogP contribution in [-0.2, 0) is 0 Å². The first-order valence-corrected chi connectivity index (χ1v) is 8.13. The molecule has 1 aromatic rings. The molecule has 1 aliphatic rings. The predicted molar refractivity (Wildman–Crippen MR) is 89.3 cm³/mol. The summed E-state index contributed by atoms with van der Waals surface area (Å²) < 4.78 is 26.5. The second-order valence-corrected chi connectivity index (χ2v) is 5.94. The third-order valence-corrected chi connectivity index (χ3v) is 4.37. The van der Waals surface area contributed by atoms with Crippen LogP contribution in [0.2, 0.25) is 0 Å². The maximum absolute atomic E-state index is 13.3. The minimum absolute atomic E-state index is 0.0970. The van der Waals surface area contributed by atoms with Crippen molar-refractivity contribution < 1.29 is 13.6 Å². The lowest BCUT2D eigenvalue weighted by Crippen LogP contribution is -2.17. The van der Waals surface area contributed by atoms with E-state index in [4.69, 9.17) is 0 Å². The van der Waals surface area contributed by atoms with E-state index in [0.717, 1.165) is 32.1 Å². The van der Waals surface area contributed by atoms with Crippen LogP contribution in [0.5, 0.6) is 0 Å². The highest BCUT2D eigenvalue weighted by Crippen LogP contribution is 2.30. The molecule has 0 radical (unpaired) electrons. The summed E-state index contributed by atoms with van der Waals surface area (Å²) in [4.78, 5) is 11.5. The molecule has 1 N–H and O–H groups in total. The van der Waals surface area contributed by atoms with Gasteiger partial charge >= 0.3 is 0 Å². The van der Waals surface area contributed by atoms with E-state index in [1.165, 1.54) is 0 Å². The van der Waals surface area contributed by atoms with Crippen LogP contribution < -0.4 is 5.32 Å². The zero-order valence-corrected chi connectivity index (χ0v) is 13.4. The van der Waals surface area contributed by atoms with Crippen LogP contribution in [-0.4, -0.2) is 13.0 Å². The van der Waals surface area contributed by atoms with Gasteiger partial charge in [0.1, 0.15) is 0 Å². The molecule has 4 heteroatoms. The zero-order chi connectivity index (χ0) is 16.7. The van der Waals surface area contributed by atoms with Gasteiger partial charge in [0, 0.05) is 18.2 Å². The van der Waals surface area contributed by atoms with E-state index in [0.29, 0.717) is 23.5 Å². The largest absolute Gasteiger partial charge is 0.355 e. The van der Waals surface area contributed by atoms with Gasteiger partial charge in [-0.25, -0.2) is 0 Å². The molecule has 1 atom stereocenters. The van der Waals surface area contributed by atoms with E-state index in [-0.39, 0.29) is 11.5 Å². The summed E-state index contributed by atoms with van der Waals surface area (Å²) in [7, 11) is 1.54. The third kappa shape index (κ3) is 5.02. The van der Waals surface area contributed by atoms with Crippen LogP contribution in [0.15, 0.2) is 42.5 Å². The molecule has 1 amide bonds. The highest BCUT2D eigenvalue weighted by atomic mass is 19.3. The summed E-state index contributed by atoms with van der Waals surface area (Å²) in [5.41, 5.74) is 1.07. The van der Waals surface area contributed by atoms with Crippen LogP contribution in [0.4, 0.5) is 8.78 Å². The van der Waals surface area contributed by atoms with E-state index in [1.54, 1.807) is 31.3 Å². The molecular formula is C19H23F2NO. The lowest BCUT2D eigenvalue weighted by Gasteiger charge is -2.17. The number of carbonyl (C=O) groups excluding carboxylic acids is 1. The Morgan fingerprint density at radius 2 is 1.87 bits per heavy atom.